The molecular weight excluding hydrogens is 468 g/mol. The fourth-order valence-electron chi connectivity index (χ4n) is 4.64. The summed E-state index contributed by atoms with van der Waals surface area (Å²) in [4.78, 5) is 4.29. The largest absolute Gasteiger partial charge is 0.504 e. The maximum atomic E-state index is 11.2. The van der Waals surface area contributed by atoms with Gasteiger partial charge in [-0.25, -0.2) is 0 Å². The second-order valence-electron chi connectivity index (χ2n) is 9.13. The zero-order valence-corrected chi connectivity index (χ0v) is 20.9. The Kier molecular flexibility index (Phi) is 8.89. The Balaban J connectivity index is 1.61. The van der Waals surface area contributed by atoms with Gasteiger partial charge in [-0.15, -0.1) is 0 Å². The second kappa shape index (κ2) is 12.1. The van der Waals surface area contributed by atoms with Gasteiger partial charge in [-0.1, -0.05) is 0 Å². The monoisotopic (exact) mass is 504 g/mol. The van der Waals surface area contributed by atoms with Gasteiger partial charge in [-0.2, -0.15) is 0 Å². The van der Waals surface area contributed by atoms with Crippen LogP contribution in [0.3, 0.4) is 0 Å². The second-order valence-corrected chi connectivity index (χ2v) is 9.13. The van der Waals surface area contributed by atoms with Crippen molar-refractivity contribution in [1.29, 1.82) is 0 Å². The van der Waals surface area contributed by atoms with Crippen LogP contribution in [-0.4, -0.2) is 97.1 Å². The first-order chi connectivity index (χ1) is 17.4. The molecule has 2 heterocycles. The van der Waals surface area contributed by atoms with Crippen molar-refractivity contribution in [3.05, 3.63) is 46.5 Å². The van der Waals surface area contributed by atoms with E-state index in [9.17, 15) is 20.4 Å². The number of benzene rings is 2. The van der Waals surface area contributed by atoms with E-state index in [1.807, 2.05) is 0 Å². The fraction of sp³-hybridized carbons (Fsp3) is 0.538. The van der Waals surface area contributed by atoms with Gasteiger partial charge in [-0.3, -0.25) is 9.80 Å². The van der Waals surface area contributed by atoms with Crippen molar-refractivity contribution in [2.75, 3.05) is 66.8 Å². The third-order valence-corrected chi connectivity index (χ3v) is 6.77. The van der Waals surface area contributed by atoms with Crippen LogP contribution in [0.5, 0.6) is 23.0 Å². The average molecular weight is 505 g/mol. The SMILES string of the molecule is COc1cc([C@@H](O)[C@H](O)c2cc(CN3CCOCC3)c(O)c(OC)c2)cc(CN2CCOCC2)c1O. The van der Waals surface area contributed by atoms with Crippen molar-refractivity contribution >= 4 is 0 Å². The lowest BCUT2D eigenvalue weighted by Crippen LogP contribution is -2.35. The number of hydrogen-bond donors (Lipinski definition) is 4. The topological polar surface area (TPSA) is 124 Å². The minimum absolute atomic E-state index is 0.00790. The maximum Gasteiger partial charge on any atom is 0.162 e. The van der Waals surface area contributed by atoms with Gasteiger partial charge in [0.2, 0.25) is 0 Å². The van der Waals surface area contributed by atoms with Gasteiger partial charge in [0.25, 0.3) is 0 Å². The molecule has 10 nitrogen and oxygen atoms in total. The summed E-state index contributed by atoms with van der Waals surface area (Å²) in [7, 11) is 2.89. The number of aromatic hydroxyl groups is 2. The molecule has 2 aromatic carbocycles. The third kappa shape index (κ3) is 6.03. The van der Waals surface area contributed by atoms with E-state index in [0.717, 1.165) is 26.2 Å². The molecule has 2 aliphatic heterocycles. The zero-order valence-electron chi connectivity index (χ0n) is 20.9. The minimum Gasteiger partial charge on any atom is -0.504 e. The number of aliphatic hydroxyl groups excluding tert-OH is 2. The Morgan fingerprint density at radius 1 is 0.694 bits per heavy atom. The summed E-state index contributed by atoms with van der Waals surface area (Å²) in [5.41, 5.74) is 1.99. The lowest BCUT2D eigenvalue weighted by molar-refractivity contribution is 0.0164. The molecular formula is C26H36N2O8. The van der Waals surface area contributed by atoms with Crippen molar-refractivity contribution in [1.82, 2.24) is 9.80 Å². The first-order valence-electron chi connectivity index (χ1n) is 12.2. The zero-order chi connectivity index (χ0) is 25.7. The van der Waals surface area contributed by atoms with E-state index in [4.69, 9.17) is 18.9 Å². The highest BCUT2D eigenvalue weighted by atomic mass is 16.5. The molecule has 0 radical (unpaired) electrons. The van der Waals surface area contributed by atoms with Gasteiger partial charge >= 0.3 is 0 Å². The van der Waals surface area contributed by atoms with Crippen LogP contribution in [0.2, 0.25) is 0 Å². The molecule has 0 aromatic heterocycles. The summed E-state index contributed by atoms with van der Waals surface area (Å²) < 4.78 is 21.5. The number of phenolic OH excluding ortho intramolecular Hbond substituents is 2. The summed E-state index contributed by atoms with van der Waals surface area (Å²) >= 11 is 0. The number of morpholine rings is 2. The van der Waals surface area contributed by atoms with E-state index in [1.54, 1.807) is 12.1 Å². The number of aliphatic hydroxyl groups is 2. The quantitative estimate of drug-likeness (QED) is 0.400. The van der Waals surface area contributed by atoms with Crippen molar-refractivity contribution in [2.24, 2.45) is 0 Å². The van der Waals surface area contributed by atoms with E-state index in [-0.39, 0.29) is 23.0 Å². The molecule has 0 unspecified atom stereocenters. The highest BCUT2D eigenvalue weighted by Crippen LogP contribution is 2.40. The summed E-state index contributed by atoms with van der Waals surface area (Å²) in [6.07, 6.45) is -2.62. The highest BCUT2D eigenvalue weighted by molar-refractivity contribution is 5.51. The molecule has 2 aromatic rings. The predicted molar refractivity (Wildman–Crippen MR) is 131 cm³/mol. The summed E-state index contributed by atoms with van der Waals surface area (Å²) in [5.74, 6) is 0.457. The normalized spacial score (nSPS) is 19.1. The number of phenols is 2. The van der Waals surface area contributed by atoms with E-state index in [0.29, 0.717) is 61.8 Å². The number of nitrogens with zero attached hydrogens (tertiary/aromatic N) is 2. The molecule has 4 N–H and O–H groups in total. The molecule has 2 saturated heterocycles. The summed E-state index contributed by atoms with van der Waals surface area (Å²) in [6.45, 7) is 6.32. The Bertz CT molecular complexity index is 940. The predicted octanol–water partition coefficient (Wildman–Crippen LogP) is 1.55. The molecule has 2 aliphatic rings. The first-order valence-corrected chi connectivity index (χ1v) is 12.2. The maximum absolute atomic E-state index is 11.2. The first kappa shape index (κ1) is 26.5. The van der Waals surface area contributed by atoms with Crippen molar-refractivity contribution in [3.8, 4) is 23.0 Å². The van der Waals surface area contributed by atoms with Crippen LogP contribution in [0.15, 0.2) is 24.3 Å². The molecule has 0 aliphatic carbocycles. The molecule has 10 heteroatoms. The smallest absolute Gasteiger partial charge is 0.162 e. The minimum atomic E-state index is -1.31. The average Bonchev–Trinajstić information content (AvgIpc) is 2.91. The molecule has 0 saturated carbocycles. The van der Waals surface area contributed by atoms with Crippen LogP contribution >= 0.6 is 0 Å². The van der Waals surface area contributed by atoms with Crippen LogP contribution in [0.25, 0.3) is 0 Å². The lowest BCUT2D eigenvalue weighted by Gasteiger charge is -2.28. The van der Waals surface area contributed by atoms with Crippen LogP contribution in [0.1, 0.15) is 34.5 Å². The third-order valence-electron chi connectivity index (χ3n) is 6.77. The van der Waals surface area contributed by atoms with Gasteiger partial charge in [0.15, 0.2) is 23.0 Å². The van der Waals surface area contributed by atoms with Gasteiger partial charge in [-0.05, 0) is 35.4 Å². The van der Waals surface area contributed by atoms with Gasteiger partial charge in [0.1, 0.15) is 12.2 Å². The van der Waals surface area contributed by atoms with E-state index >= 15 is 0 Å². The van der Waals surface area contributed by atoms with Gasteiger partial charge < -0.3 is 39.4 Å². The van der Waals surface area contributed by atoms with E-state index in [2.05, 4.69) is 9.80 Å². The number of rotatable bonds is 9. The lowest BCUT2D eigenvalue weighted by atomic mass is 9.94. The summed E-state index contributed by atoms with van der Waals surface area (Å²) in [5, 5.41) is 43.7. The van der Waals surface area contributed by atoms with Crippen molar-refractivity contribution in [3.63, 3.8) is 0 Å². The van der Waals surface area contributed by atoms with Crippen LogP contribution < -0.4 is 9.47 Å². The Labute approximate surface area is 211 Å². The van der Waals surface area contributed by atoms with E-state index < -0.39 is 12.2 Å². The Hall–Kier alpha value is -2.60. The summed E-state index contributed by atoms with van der Waals surface area (Å²) in [6, 6.07) is 6.43. The molecule has 2 atom stereocenters. The molecule has 0 spiro atoms. The number of ether oxygens (including phenoxy) is 4. The fourth-order valence-corrected chi connectivity index (χ4v) is 4.64. The molecule has 0 bridgehead atoms. The molecule has 2 fully saturated rings. The van der Waals surface area contributed by atoms with Crippen LogP contribution in [-0.2, 0) is 22.6 Å². The van der Waals surface area contributed by atoms with Crippen molar-refractivity contribution < 1.29 is 39.4 Å². The standard InChI is InChI=1S/C26H36N2O8/c1-33-21-13-17(11-19(23(21)29)15-27-3-7-35-8-4-27)25(31)26(32)18-12-20(24(30)22(14-18)34-2)16-28-5-9-36-10-6-28/h11-14,25-26,29-32H,3-10,15-16H2,1-2H3/t25-,26-/m1/s1. The van der Waals surface area contributed by atoms with Crippen molar-refractivity contribution in [2.45, 2.75) is 25.3 Å². The highest BCUT2D eigenvalue weighted by Gasteiger charge is 2.26. The molecule has 0 amide bonds. The van der Waals surface area contributed by atoms with Gasteiger partial charge in [0.05, 0.1) is 40.6 Å². The van der Waals surface area contributed by atoms with Crippen LogP contribution in [0, 0.1) is 0 Å². The van der Waals surface area contributed by atoms with Gasteiger partial charge in [0, 0.05) is 50.4 Å². The molecule has 198 valence electrons. The van der Waals surface area contributed by atoms with E-state index in [1.165, 1.54) is 26.4 Å². The molecule has 4 rings (SSSR count). The molecule has 36 heavy (non-hydrogen) atoms. The Morgan fingerprint density at radius 3 is 1.39 bits per heavy atom. The number of methoxy groups -OCH3 is 2. The van der Waals surface area contributed by atoms with Crippen LogP contribution in [0.4, 0.5) is 0 Å². The Morgan fingerprint density at radius 2 is 1.06 bits per heavy atom. The number of hydrogen-bond acceptors (Lipinski definition) is 10.